The van der Waals surface area contributed by atoms with E-state index < -0.39 is 5.60 Å². The highest BCUT2D eigenvalue weighted by atomic mass is 16.5. The highest BCUT2D eigenvalue weighted by Gasteiger charge is 2.35. The van der Waals surface area contributed by atoms with Gasteiger partial charge in [0.05, 0.1) is 12.7 Å². The Morgan fingerprint density at radius 2 is 1.75 bits per heavy atom. The highest BCUT2D eigenvalue weighted by molar-refractivity contribution is 5.41. The van der Waals surface area contributed by atoms with Crippen LogP contribution in [0.2, 0.25) is 0 Å². The summed E-state index contributed by atoms with van der Waals surface area (Å²) in [7, 11) is 1.68. The summed E-state index contributed by atoms with van der Waals surface area (Å²) in [5.41, 5.74) is 4.12. The maximum atomic E-state index is 10.9. The van der Waals surface area contributed by atoms with Crippen LogP contribution in [-0.4, -0.2) is 17.8 Å². The number of aliphatic hydroxyl groups is 1. The number of fused-ring (bicyclic) bond motifs is 1. The molecule has 3 rings (SSSR count). The first-order valence-electron chi connectivity index (χ1n) is 7.02. The molecule has 1 aliphatic carbocycles. The van der Waals surface area contributed by atoms with Crippen LogP contribution in [0.4, 0.5) is 0 Å². The molecule has 0 amide bonds. The molecule has 0 atom stereocenters. The SMILES string of the molecule is COc1ccc(C)cc1CC1(O)Cc2ccccc2C1. The minimum Gasteiger partial charge on any atom is -0.496 e. The van der Waals surface area contributed by atoms with Crippen LogP contribution in [0.1, 0.15) is 22.3 Å². The van der Waals surface area contributed by atoms with Gasteiger partial charge < -0.3 is 9.84 Å². The van der Waals surface area contributed by atoms with Gasteiger partial charge in [-0.15, -0.1) is 0 Å². The number of hydrogen-bond acceptors (Lipinski definition) is 2. The number of ether oxygens (including phenoxy) is 1. The molecular weight excluding hydrogens is 248 g/mol. The molecule has 0 unspecified atom stereocenters. The zero-order valence-electron chi connectivity index (χ0n) is 12.0. The lowest BCUT2D eigenvalue weighted by molar-refractivity contribution is 0.0512. The van der Waals surface area contributed by atoms with Gasteiger partial charge in [0.2, 0.25) is 0 Å². The molecule has 0 fully saturated rings. The number of methoxy groups -OCH3 is 1. The lowest BCUT2D eigenvalue weighted by Crippen LogP contribution is -2.32. The van der Waals surface area contributed by atoms with Crippen LogP contribution in [0.15, 0.2) is 42.5 Å². The molecule has 0 aromatic heterocycles. The first-order valence-corrected chi connectivity index (χ1v) is 7.02. The molecule has 0 heterocycles. The summed E-state index contributed by atoms with van der Waals surface area (Å²) in [6.07, 6.45) is 2.08. The average molecular weight is 268 g/mol. The average Bonchev–Trinajstić information content (AvgIpc) is 2.74. The van der Waals surface area contributed by atoms with Crippen molar-refractivity contribution in [3.05, 3.63) is 64.7 Å². The fourth-order valence-electron chi connectivity index (χ4n) is 3.20. The van der Waals surface area contributed by atoms with Crippen LogP contribution in [-0.2, 0) is 19.3 Å². The van der Waals surface area contributed by atoms with Gasteiger partial charge in [-0.05, 0) is 29.7 Å². The van der Waals surface area contributed by atoms with Gasteiger partial charge >= 0.3 is 0 Å². The minimum atomic E-state index is -0.690. The smallest absolute Gasteiger partial charge is 0.122 e. The molecular formula is C18H20O2. The van der Waals surface area contributed by atoms with Crippen molar-refractivity contribution < 1.29 is 9.84 Å². The predicted octanol–water partition coefficient (Wildman–Crippen LogP) is 3.08. The van der Waals surface area contributed by atoms with Gasteiger partial charge in [0.1, 0.15) is 5.75 Å². The first kappa shape index (κ1) is 13.2. The third-order valence-corrected chi connectivity index (χ3v) is 4.11. The molecule has 0 bridgehead atoms. The van der Waals surface area contributed by atoms with E-state index in [4.69, 9.17) is 4.74 Å². The van der Waals surface area contributed by atoms with E-state index in [9.17, 15) is 5.11 Å². The fraction of sp³-hybridized carbons (Fsp3) is 0.333. The standard InChI is InChI=1S/C18H20O2/c1-13-7-8-17(20-2)16(9-13)12-18(19)10-14-5-3-4-6-15(14)11-18/h3-9,19H,10-12H2,1-2H3. The molecule has 0 saturated carbocycles. The first-order chi connectivity index (χ1) is 9.59. The van der Waals surface area contributed by atoms with Gasteiger partial charge in [0.15, 0.2) is 0 Å². The van der Waals surface area contributed by atoms with E-state index in [-0.39, 0.29) is 0 Å². The summed E-state index contributed by atoms with van der Waals surface area (Å²) in [5.74, 6) is 0.861. The van der Waals surface area contributed by atoms with Crippen molar-refractivity contribution in [2.45, 2.75) is 31.8 Å². The highest BCUT2D eigenvalue weighted by Crippen LogP contribution is 2.34. The summed E-state index contributed by atoms with van der Waals surface area (Å²) in [6, 6.07) is 14.4. The summed E-state index contributed by atoms with van der Waals surface area (Å²) in [5, 5.41) is 10.9. The number of hydrogen-bond donors (Lipinski definition) is 1. The molecule has 0 radical (unpaired) electrons. The maximum absolute atomic E-state index is 10.9. The molecule has 0 saturated heterocycles. The number of rotatable bonds is 3. The summed E-state index contributed by atoms with van der Waals surface area (Å²) in [6.45, 7) is 2.07. The van der Waals surface area contributed by atoms with Gasteiger partial charge in [0.25, 0.3) is 0 Å². The predicted molar refractivity (Wildman–Crippen MR) is 80.2 cm³/mol. The maximum Gasteiger partial charge on any atom is 0.122 e. The number of benzene rings is 2. The van der Waals surface area contributed by atoms with Crippen molar-refractivity contribution in [1.82, 2.24) is 0 Å². The molecule has 2 aromatic carbocycles. The lowest BCUT2D eigenvalue weighted by Gasteiger charge is -2.23. The van der Waals surface area contributed by atoms with E-state index in [1.165, 1.54) is 16.7 Å². The monoisotopic (exact) mass is 268 g/mol. The van der Waals surface area contributed by atoms with E-state index in [0.717, 1.165) is 24.2 Å². The minimum absolute atomic E-state index is 0.631. The molecule has 2 nitrogen and oxygen atoms in total. The topological polar surface area (TPSA) is 29.5 Å². The Labute approximate surface area is 120 Å². The quantitative estimate of drug-likeness (QED) is 0.927. The Kier molecular flexibility index (Phi) is 3.27. The van der Waals surface area contributed by atoms with Crippen LogP contribution in [0.5, 0.6) is 5.75 Å². The van der Waals surface area contributed by atoms with Gasteiger partial charge in [-0.1, -0.05) is 42.0 Å². The summed E-state index contributed by atoms with van der Waals surface area (Å²) < 4.78 is 5.42. The van der Waals surface area contributed by atoms with Gasteiger partial charge in [-0.25, -0.2) is 0 Å². The molecule has 104 valence electrons. The zero-order valence-corrected chi connectivity index (χ0v) is 12.0. The van der Waals surface area contributed by atoms with Crippen molar-refractivity contribution >= 4 is 0 Å². The van der Waals surface area contributed by atoms with E-state index in [2.05, 4.69) is 25.1 Å². The Morgan fingerprint density at radius 3 is 2.35 bits per heavy atom. The van der Waals surface area contributed by atoms with E-state index in [1.807, 2.05) is 24.3 Å². The van der Waals surface area contributed by atoms with E-state index in [0.29, 0.717) is 6.42 Å². The zero-order chi connectivity index (χ0) is 14.2. The number of aryl methyl sites for hydroxylation is 1. The molecule has 0 spiro atoms. The Morgan fingerprint density at radius 1 is 1.10 bits per heavy atom. The molecule has 20 heavy (non-hydrogen) atoms. The second kappa shape index (κ2) is 4.95. The van der Waals surface area contributed by atoms with Gasteiger partial charge in [-0.2, -0.15) is 0 Å². The summed E-state index contributed by atoms with van der Waals surface area (Å²) in [4.78, 5) is 0. The largest absolute Gasteiger partial charge is 0.496 e. The van der Waals surface area contributed by atoms with E-state index >= 15 is 0 Å². The lowest BCUT2D eigenvalue weighted by atomic mass is 9.90. The van der Waals surface area contributed by atoms with Crippen LogP contribution < -0.4 is 4.74 Å². The fourth-order valence-corrected chi connectivity index (χ4v) is 3.20. The van der Waals surface area contributed by atoms with Crippen molar-refractivity contribution in [2.24, 2.45) is 0 Å². The third-order valence-electron chi connectivity index (χ3n) is 4.11. The normalized spacial score (nSPS) is 15.9. The Bertz CT molecular complexity index is 606. The van der Waals surface area contributed by atoms with Crippen molar-refractivity contribution in [1.29, 1.82) is 0 Å². The van der Waals surface area contributed by atoms with Gasteiger partial charge in [-0.3, -0.25) is 0 Å². The molecule has 1 aliphatic rings. The van der Waals surface area contributed by atoms with Crippen LogP contribution >= 0.6 is 0 Å². The molecule has 2 aromatic rings. The molecule has 1 N–H and O–H groups in total. The van der Waals surface area contributed by atoms with Crippen molar-refractivity contribution in [2.75, 3.05) is 7.11 Å². The van der Waals surface area contributed by atoms with Crippen molar-refractivity contribution in [3.63, 3.8) is 0 Å². The third kappa shape index (κ3) is 2.44. The van der Waals surface area contributed by atoms with Gasteiger partial charge in [0, 0.05) is 19.3 Å². The van der Waals surface area contributed by atoms with Crippen LogP contribution in [0, 0.1) is 6.92 Å². The van der Waals surface area contributed by atoms with E-state index in [1.54, 1.807) is 7.11 Å². The molecule has 0 aliphatic heterocycles. The second-order valence-corrected chi connectivity index (χ2v) is 5.84. The molecule has 2 heteroatoms. The van der Waals surface area contributed by atoms with Crippen LogP contribution in [0.25, 0.3) is 0 Å². The summed E-state index contributed by atoms with van der Waals surface area (Å²) >= 11 is 0. The Balaban J connectivity index is 1.87. The Hall–Kier alpha value is -1.80. The second-order valence-electron chi connectivity index (χ2n) is 5.84. The van der Waals surface area contributed by atoms with Crippen molar-refractivity contribution in [3.8, 4) is 5.75 Å². The van der Waals surface area contributed by atoms with Crippen LogP contribution in [0.3, 0.4) is 0 Å².